The summed E-state index contributed by atoms with van der Waals surface area (Å²) in [6, 6.07) is 12.8. The summed E-state index contributed by atoms with van der Waals surface area (Å²) in [5, 5.41) is 12.2. The van der Waals surface area contributed by atoms with E-state index >= 15 is 0 Å². The van der Waals surface area contributed by atoms with E-state index in [1.807, 2.05) is 46.0 Å². The molecule has 0 bridgehead atoms. The molecule has 0 radical (unpaired) electrons. The highest BCUT2D eigenvalue weighted by molar-refractivity contribution is 6.31. The molecule has 1 aliphatic carbocycles. The van der Waals surface area contributed by atoms with Crippen LogP contribution in [-0.2, 0) is 12.8 Å². The number of rotatable bonds is 3. The Morgan fingerprint density at radius 1 is 0.952 bits per heavy atom. The van der Waals surface area contributed by atoms with Gasteiger partial charge in [0.15, 0.2) is 5.65 Å². The van der Waals surface area contributed by atoms with Crippen LogP contribution in [0.1, 0.15) is 74.9 Å². The van der Waals surface area contributed by atoms with Crippen LogP contribution in [0.5, 0.6) is 5.75 Å². The first-order valence-corrected chi connectivity index (χ1v) is 16.0. The first-order valence-electron chi connectivity index (χ1n) is 15.6. The van der Waals surface area contributed by atoms with E-state index in [4.69, 9.17) is 16.3 Å². The normalized spacial score (nSPS) is 18.2. The lowest BCUT2D eigenvalue weighted by molar-refractivity contribution is 0.0957. The van der Waals surface area contributed by atoms with E-state index in [0.717, 1.165) is 45.6 Å². The summed E-state index contributed by atoms with van der Waals surface area (Å²) in [4.78, 5) is 19.7. The Morgan fingerprint density at radius 2 is 1.74 bits per heavy atom. The predicted octanol–water partition coefficient (Wildman–Crippen LogP) is 7.46. The Morgan fingerprint density at radius 3 is 2.55 bits per heavy atom. The van der Waals surface area contributed by atoms with Crippen molar-refractivity contribution in [1.82, 2.24) is 25.4 Å². The van der Waals surface area contributed by atoms with E-state index in [-0.39, 0.29) is 5.91 Å². The highest BCUT2D eigenvalue weighted by atomic mass is 35.5. The standard InChI is InChI=1S/C30H30ClN5O2.2C2H6/c31-26-15-20(13-18-3-5-22(6-8-23(18)26)36-10-1-2-11-36)21-14-25-28(34-35-29(25)33-17-21)19-4-7-24-27(16-19)38-12-9-32-30(24)37;2*1-2/h4,7,13-17,22H,1-3,5-6,8-12H2,(H,32,37)(H,33,34,35);2*1-2H3. The van der Waals surface area contributed by atoms with E-state index in [1.165, 1.54) is 49.9 Å². The van der Waals surface area contributed by atoms with Gasteiger partial charge in [-0.1, -0.05) is 51.4 Å². The summed E-state index contributed by atoms with van der Waals surface area (Å²) in [5.74, 6) is 0.462. The second-order valence-electron chi connectivity index (χ2n) is 10.6. The van der Waals surface area contributed by atoms with Crippen molar-refractivity contribution < 1.29 is 9.53 Å². The van der Waals surface area contributed by atoms with Gasteiger partial charge in [-0.15, -0.1) is 0 Å². The summed E-state index contributed by atoms with van der Waals surface area (Å²) >= 11 is 6.89. The maximum absolute atomic E-state index is 12.3. The monoisotopic (exact) mass is 587 g/mol. The van der Waals surface area contributed by atoms with E-state index in [9.17, 15) is 4.79 Å². The van der Waals surface area contributed by atoms with Gasteiger partial charge in [-0.2, -0.15) is 5.10 Å². The molecule has 1 fully saturated rings. The molecule has 42 heavy (non-hydrogen) atoms. The van der Waals surface area contributed by atoms with Gasteiger partial charge in [0.1, 0.15) is 12.4 Å². The van der Waals surface area contributed by atoms with Crippen molar-refractivity contribution in [2.45, 2.75) is 72.3 Å². The number of carbonyl (C=O) groups excluding carboxylic acids is 1. The molecule has 222 valence electrons. The molecule has 7 nitrogen and oxygen atoms in total. The molecule has 8 heteroatoms. The summed E-state index contributed by atoms with van der Waals surface area (Å²) in [7, 11) is 0. The molecule has 1 atom stereocenters. The van der Waals surface area contributed by atoms with E-state index in [1.54, 1.807) is 6.07 Å². The topological polar surface area (TPSA) is 83.1 Å². The van der Waals surface area contributed by atoms with Crippen LogP contribution in [0.2, 0.25) is 5.02 Å². The Bertz CT molecular complexity index is 1540. The summed E-state index contributed by atoms with van der Waals surface area (Å²) in [5.41, 5.74) is 7.69. The van der Waals surface area contributed by atoms with Crippen LogP contribution in [-0.4, -0.2) is 58.3 Å². The number of fused-ring (bicyclic) bond motifs is 3. The molecule has 1 saturated heterocycles. The maximum atomic E-state index is 12.3. The van der Waals surface area contributed by atoms with Gasteiger partial charge in [-0.25, -0.2) is 4.98 Å². The summed E-state index contributed by atoms with van der Waals surface area (Å²) in [6.07, 6.45) is 9.00. The van der Waals surface area contributed by atoms with Crippen LogP contribution in [0.3, 0.4) is 0 Å². The number of hydrogen-bond donors (Lipinski definition) is 2. The Balaban J connectivity index is 0.000000847. The number of carbonyl (C=O) groups is 1. The fourth-order valence-electron chi connectivity index (χ4n) is 6.30. The number of nitrogens with one attached hydrogen (secondary N) is 2. The number of aromatic nitrogens is 3. The van der Waals surface area contributed by atoms with E-state index in [2.05, 4.69) is 43.6 Å². The van der Waals surface area contributed by atoms with Crippen molar-refractivity contribution in [3.63, 3.8) is 0 Å². The van der Waals surface area contributed by atoms with Crippen LogP contribution >= 0.6 is 11.6 Å². The molecule has 1 amide bonds. The maximum Gasteiger partial charge on any atom is 0.255 e. The first-order chi connectivity index (χ1) is 20.6. The number of nitrogens with zero attached hydrogens (tertiary/aromatic N) is 3. The number of benzene rings is 2. The minimum atomic E-state index is -0.116. The van der Waals surface area contributed by atoms with Gasteiger partial charge in [0.25, 0.3) is 5.91 Å². The quantitative estimate of drug-likeness (QED) is 0.243. The van der Waals surface area contributed by atoms with Gasteiger partial charge in [-0.05, 0) is 92.6 Å². The predicted molar refractivity (Wildman–Crippen MR) is 172 cm³/mol. The van der Waals surface area contributed by atoms with Crippen LogP contribution in [0, 0.1) is 0 Å². The molecular formula is C34H42ClN5O2. The number of aromatic amines is 1. The average molecular weight is 588 g/mol. The zero-order valence-corrected chi connectivity index (χ0v) is 26.0. The summed E-state index contributed by atoms with van der Waals surface area (Å²) < 4.78 is 5.83. The number of H-pyrrole nitrogens is 1. The number of amides is 1. The Hall–Kier alpha value is -3.42. The van der Waals surface area contributed by atoms with Crippen LogP contribution in [0.15, 0.2) is 42.6 Å². The second kappa shape index (κ2) is 13.7. The van der Waals surface area contributed by atoms with Gasteiger partial charge >= 0.3 is 0 Å². The van der Waals surface area contributed by atoms with Crippen molar-refractivity contribution in [2.75, 3.05) is 26.2 Å². The van der Waals surface area contributed by atoms with E-state index < -0.39 is 0 Å². The van der Waals surface area contributed by atoms with Crippen LogP contribution in [0.4, 0.5) is 0 Å². The summed E-state index contributed by atoms with van der Waals surface area (Å²) in [6.45, 7) is 11.4. The molecule has 4 aromatic rings. The molecule has 2 aromatic heterocycles. The van der Waals surface area contributed by atoms with Gasteiger partial charge in [0, 0.05) is 33.8 Å². The lowest BCUT2D eigenvalue weighted by atomic mass is 9.96. The van der Waals surface area contributed by atoms with Gasteiger partial charge in [-0.3, -0.25) is 9.89 Å². The fourth-order valence-corrected chi connectivity index (χ4v) is 6.63. The van der Waals surface area contributed by atoms with Crippen molar-refractivity contribution >= 4 is 28.5 Å². The molecular weight excluding hydrogens is 546 g/mol. The number of ether oxygens (including phenoxy) is 1. The molecule has 0 spiro atoms. The van der Waals surface area contributed by atoms with Gasteiger partial charge in [0.2, 0.25) is 0 Å². The van der Waals surface area contributed by atoms with Crippen molar-refractivity contribution in [1.29, 1.82) is 0 Å². The Labute approximate surface area is 254 Å². The molecule has 1 unspecified atom stereocenters. The third kappa shape index (κ3) is 6.04. The van der Waals surface area contributed by atoms with E-state index in [0.29, 0.717) is 36.2 Å². The van der Waals surface area contributed by atoms with Gasteiger partial charge < -0.3 is 15.0 Å². The lowest BCUT2D eigenvalue weighted by Gasteiger charge is -2.26. The molecule has 2 aliphatic heterocycles. The number of aryl methyl sites for hydroxylation is 1. The highest BCUT2D eigenvalue weighted by Gasteiger charge is 2.26. The number of hydrogen-bond acceptors (Lipinski definition) is 5. The SMILES string of the molecule is CC.CC.O=C1NCCOc2cc(-c3[nH]nc4ncc(-c5cc(Cl)c6c(c5)CCC(N5CCCC5)CC6)cc34)ccc21. The minimum absolute atomic E-state index is 0.116. The van der Waals surface area contributed by atoms with Crippen molar-refractivity contribution in [3.05, 3.63) is 64.3 Å². The molecule has 3 aliphatic rings. The molecule has 2 N–H and O–H groups in total. The Kier molecular flexibility index (Phi) is 9.80. The third-order valence-electron chi connectivity index (χ3n) is 8.32. The largest absolute Gasteiger partial charge is 0.491 e. The molecule has 0 saturated carbocycles. The number of pyridine rings is 1. The average Bonchev–Trinajstić information content (AvgIpc) is 3.62. The van der Waals surface area contributed by atoms with Crippen molar-refractivity contribution in [2.24, 2.45) is 0 Å². The fraction of sp³-hybridized carbons (Fsp3) is 0.441. The molecule has 2 aromatic carbocycles. The second-order valence-corrected chi connectivity index (χ2v) is 11.0. The third-order valence-corrected chi connectivity index (χ3v) is 8.66. The zero-order chi connectivity index (χ0) is 29.6. The molecule has 4 heterocycles. The van der Waals surface area contributed by atoms with Crippen LogP contribution < -0.4 is 10.1 Å². The van der Waals surface area contributed by atoms with Crippen LogP contribution in [0.25, 0.3) is 33.4 Å². The van der Waals surface area contributed by atoms with Crippen molar-refractivity contribution in [3.8, 4) is 28.1 Å². The number of likely N-dealkylation sites (tertiary alicyclic amines) is 1. The minimum Gasteiger partial charge on any atom is -0.491 e. The number of halogens is 1. The highest BCUT2D eigenvalue weighted by Crippen LogP contribution is 2.37. The smallest absolute Gasteiger partial charge is 0.255 e. The zero-order valence-electron chi connectivity index (χ0n) is 25.2. The van der Waals surface area contributed by atoms with Gasteiger partial charge in [0.05, 0.1) is 17.8 Å². The lowest BCUT2D eigenvalue weighted by Crippen LogP contribution is -2.32. The molecule has 7 rings (SSSR count). The first kappa shape index (κ1) is 30.1.